The lowest BCUT2D eigenvalue weighted by atomic mass is 10.1. The molecule has 2 rings (SSSR count). The number of carbonyl (C=O) groups is 1. The summed E-state index contributed by atoms with van der Waals surface area (Å²) in [5.74, 6) is 0.222. The number of imidazole rings is 1. The van der Waals surface area contributed by atoms with Crippen molar-refractivity contribution in [3.05, 3.63) is 24.3 Å². The summed E-state index contributed by atoms with van der Waals surface area (Å²) in [5, 5.41) is 3.05. The van der Waals surface area contributed by atoms with Crippen molar-refractivity contribution in [2.24, 2.45) is 12.8 Å². The smallest absolute Gasteiger partial charge is 0.242 e. The fourth-order valence-electron chi connectivity index (χ4n) is 1.60. The minimum absolute atomic E-state index is 0.412. The van der Waals surface area contributed by atoms with Crippen LogP contribution in [-0.4, -0.2) is 21.0 Å². The van der Waals surface area contributed by atoms with Crippen LogP contribution in [0.5, 0.6) is 0 Å². The maximum absolute atomic E-state index is 11.3. The number of nitrogens with zero attached hydrogens (tertiary/aromatic N) is 2. The number of nitrogens with two attached hydrogens (primary N) is 1. The topological polar surface area (TPSA) is 72.9 Å². The molecule has 2 aromatic rings. The molecular weight excluding hydrogens is 216 g/mol. The Bertz CT molecular complexity index is 571. The molecule has 90 valence electrons. The van der Waals surface area contributed by atoms with Gasteiger partial charge in [0.2, 0.25) is 11.9 Å². The number of amides is 1. The van der Waals surface area contributed by atoms with Gasteiger partial charge in [0, 0.05) is 7.05 Å². The Hall–Kier alpha value is -2.04. The summed E-state index contributed by atoms with van der Waals surface area (Å²) >= 11 is 0. The quantitative estimate of drug-likeness (QED) is 0.836. The molecule has 0 saturated heterocycles. The van der Waals surface area contributed by atoms with Gasteiger partial charge >= 0.3 is 0 Å². The average Bonchev–Trinajstić information content (AvgIpc) is 2.56. The van der Waals surface area contributed by atoms with Gasteiger partial charge in [-0.1, -0.05) is 12.1 Å². The van der Waals surface area contributed by atoms with Crippen LogP contribution in [-0.2, 0) is 11.8 Å². The average molecular weight is 232 g/mol. The molecule has 0 saturated carbocycles. The van der Waals surface area contributed by atoms with Crippen molar-refractivity contribution in [3.63, 3.8) is 0 Å². The number of nitrogens with one attached hydrogen (secondary N) is 1. The molecule has 0 aliphatic carbocycles. The van der Waals surface area contributed by atoms with Gasteiger partial charge < -0.3 is 15.6 Å². The summed E-state index contributed by atoms with van der Waals surface area (Å²) in [6.45, 7) is 3.46. The van der Waals surface area contributed by atoms with Gasteiger partial charge in [-0.15, -0.1) is 0 Å². The van der Waals surface area contributed by atoms with E-state index in [-0.39, 0.29) is 0 Å². The number of rotatable bonds is 3. The van der Waals surface area contributed by atoms with Crippen LogP contribution >= 0.6 is 0 Å². The maximum Gasteiger partial charge on any atom is 0.242 e. The van der Waals surface area contributed by atoms with Crippen molar-refractivity contribution in [3.8, 4) is 0 Å². The number of benzene rings is 1. The standard InChI is InChI=1S/C12H16N4O/c1-12(2,10(13)17)15-11-14-8-6-4-5-7-9(8)16(11)3/h4-7H,1-3H3,(H2,13,17)(H,14,15). The molecule has 17 heavy (non-hydrogen) atoms. The van der Waals surface area contributed by atoms with Gasteiger partial charge in [-0.05, 0) is 26.0 Å². The molecule has 0 aliphatic heterocycles. The predicted octanol–water partition coefficient (Wildman–Crippen LogP) is 1.25. The van der Waals surface area contributed by atoms with E-state index in [2.05, 4.69) is 10.3 Å². The highest BCUT2D eigenvalue weighted by molar-refractivity contribution is 5.87. The van der Waals surface area contributed by atoms with E-state index < -0.39 is 11.4 Å². The third-order valence-electron chi connectivity index (χ3n) is 2.83. The molecule has 0 atom stereocenters. The first-order chi connectivity index (χ1) is 7.92. The summed E-state index contributed by atoms with van der Waals surface area (Å²) in [6.07, 6.45) is 0. The first kappa shape index (κ1) is 11.4. The van der Waals surface area contributed by atoms with Crippen molar-refractivity contribution in [2.75, 3.05) is 5.32 Å². The van der Waals surface area contributed by atoms with Crippen LogP contribution in [0.2, 0.25) is 0 Å². The summed E-state index contributed by atoms with van der Waals surface area (Å²) in [4.78, 5) is 15.7. The summed E-state index contributed by atoms with van der Waals surface area (Å²) in [7, 11) is 1.90. The highest BCUT2D eigenvalue weighted by atomic mass is 16.1. The summed E-state index contributed by atoms with van der Waals surface area (Å²) in [5.41, 5.74) is 6.40. The molecule has 1 amide bonds. The zero-order valence-corrected chi connectivity index (χ0v) is 10.2. The monoisotopic (exact) mass is 232 g/mol. The second kappa shape index (κ2) is 3.76. The highest BCUT2D eigenvalue weighted by Crippen LogP contribution is 2.20. The van der Waals surface area contributed by atoms with Crippen molar-refractivity contribution < 1.29 is 4.79 Å². The lowest BCUT2D eigenvalue weighted by Crippen LogP contribution is -2.45. The second-order valence-corrected chi connectivity index (χ2v) is 4.60. The predicted molar refractivity (Wildman–Crippen MR) is 67.6 cm³/mol. The van der Waals surface area contributed by atoms with E-state index in [1.807, 2.05) is 35.9 Å². The molecule has 1 aromatic heterocycles. The zero-order valence-electron chi connectivity index (χ0n) is 10.2. The molecule has 0 unspecified atom stereocenters. The molecular formula is C12H16N4O. The highest BCUT2D eigenvalue weighted by Gasteiger charge is 2.26. The molecule has 1 heterocycles. The number of carbonyl (C=O) groups excluding carboxylic acids is 1. The summed E-state index contributed by atoms with van der Waals surface area (Å²) in [6, 6.07) is 7.79. The van der Waals surface area contributed by atoms with Gasteiger partial charge in [-0.25, -0.2) is 4.98 Å². The van der Waals surface area contributed by atoms with Gasteiger partial charge in [0.15, 0.2) is 0 Å². The van der Waals surface area contributed by atoms with E-state index in [4.69, 9.17) is 5.73 Å². The van der Waals surface area contributed by atoms with Crippen LogP contribution in [0.3, 0.4) is 0 Å². The minimum atomic E-state index is -0.824. The van der Waals surface area contributed by atoms with Gasteiger partial charge in [0.05, 0.1) is 11.0 Å². The first-order valence-electron chi connectivity index (χ1n) is 5.41. The molecule has 0 bridgehead atoms. The SMILES string of the molecule is Cn1c(NC(C)(C)C(N)=O)nc2ccccc21. The number of hydrogen-bond donors (Lipinski definition) is 2. The normalized spacial score (nSPS) is 11.7. The Balaban J connectivity index is 2.43. The van der Waals surface area contributed by atoms with Gasteiger partial charge in [-0.2, -0.15) is 0 Å². The van der Waals surface area contributed by atoms with Crippen LogP contribution < -0.4 is 11.1 Å². The number of aromatic nitrogens is 2. The number of para-hydroxylation sites is 2. The molecule has 1 aromatic carbocycles. The molecule has 5 heteroatoms. The van der Waals surface area contributed by atoms with Crippen LogP contribution in [0.1, 0.15) is 13.8 Å². The van der Waals surface area contributed by atoms with E-state index in [0.717, 1.165) is 11.0 Å². The molecule has 0 radical (unpaired) electrons. The number of hydrogen-bond acceptors (Lipinski definition) is 3. The van der Waals surface area contributed by atoms with E-state index in [9.17, 15) is 4.79 Å². The number of aryl methyl sites for hydroxylation is 1. The number of fused-ring (bicyclic) bond motifs is 1. The molecule has 0 spiro atoms. The van der Waals surface area contributed by atoms with Crippen molar-refractivity contribution in [2.45, 2.75) is 19.4 Å². The van der Waals surface area contributed by atoms with E-state index >= 15 is 0 Å². The van der Waals surface area contributed by atoms with Gasteiger partial charge in [0.1, 0.15) is 5.54 Å². The van der Waals surface area contributed by atoms with Crippen LogP contribution in [0, 0.1) is 0 Å². The lowest BCUT2D eigenvalue weighted by Gasteiger charge is -2.22. The van der Waals surface area contributed by atoms with Crippen LogP contribution in [0.25, 0.3) is 11.0 Å². The van der Waals surface area contributed by atoms with Gasteiger partial charge in [0.25, 0.3) is 0 Å². The third kappa shape index (κ3) is 1.95. The minimum Gasteiger partial charge on any atom is -0.368 e. The molecule has 0 aliphatic rings. The lowest BCUT2D eigenvalue weighted by molar-refractivity contribution is -0.121. The Labute approximate surface area is 99.6 Å². The molecule has 5 nitrogen and oxygen atoms in total. The number of anilines is 1. The fraction of sp³-hybridized carbons (Fsp3) is 0.333. The maximum atomic E-state index is 11.3. The van der Waals surface area contributed by atoms with E-state index in [1.165, 1.54) is 0 Å². The molecule has 0 fully saturated rings. The largest absolute Gasteiger partial charge is 0.368 e. The summed E-state index contributed by atoms with van der Waals surface area (Å²) < 4.78 is 1.90. The Morgan fingerprint density at radius 3 is 2.65 bits per heavy atom. The van der Waals surface area contributed by atoms with Crippen molar-refractivity contribution in [1.82, 2.24) is 9.55 Å². The third-order valence-corrected chi connectivity index (χ3v) is 2.83. The Kier molecular flexibility index (Phi) is 2.53. The Morgan fingerprint density at radius 1 is 1.41 bits per heavy atom. The second-order valence-electron chi connectivity index (χ2n) is 4.60. The van der Waals surface area contributed by atoms with E-state index in [0.29, 0.717) is 5.95 Å². The Morgan fingerprint density at radius 2 is 2.06 bits per heavy atom. The molecule has 3 N–H and O–H groups in total. The fourth-order valence-corrected chi connectivity index (χ4v) is 1.60. The zero-order chi connectivity index (χ0) is 12.6. The first-order valence-corrected chi connectivity index (χ1v) is 5.41. The van der Waals surface area contributed by atoms with Crippen molar-refractivity contribution >= 4 is 22.9 Å². The number of primary amides is 1. The van der Waals surface area contributed by atoms with Crippen LogP contribution in [0.4, 0.5) is 5.95 Å². The van der Waals surface area contributed by atoms with Crippen molar-refractivity contribution in [1.29, 1.82) is 0 Å². The van der Waals surface area contributed by atoms with E-state index in [1.54, 1.807) is 13.8 Å². The van der Waals surface area contributed by atoms with Gasteiger partial charge in [-0.3, -0.25) is 4.79 Å². The van der Waals surface area contributed by atoms with Crippen LogP contribution in [0.15, 0.2) is 24.3 Å².